The molecule has 1 aliphatic heterocycles. The number of rotatable bonds is 6. The zero-order valence-corrected chi connectivity index (χ0v) is 12.2. The molecule has 1 saturated heterocycles. The number of ether oxygens (including phenoxy) is 1. The predicted octanol–water partition coefficient (Wildman–Crippen LogP) is 1.32. The van der Waals surface area contributed by atoms with Crippen LogP contribution >= 0.6 is 0 Å². The Morgan fingerprint density at radius 1 is 1.50 bits per heavy atom. The number of methoxy groups -OCH3 is 1. The Bertz CT molecular complexity index is 444. The number of carbonyl (C=O) groups is 1. The van der Waals surface area contributed by atoms with Gasteiger partial charge in [0.1, 0.15) is 5.75 Å². The van der Waals surface area contributed by atoms with Gasteiger partial charge in [0, 0.05) is 12.6 Å². The number of hydrogen-bond donors (Lipinski definition) is 2. The maximum atomic E-state index is 12.0. The van der Waals surface area contributed by atoms with Crippen molar-refractivity contribution in [2.24, 2.45) is 0 Å². The number of likely N-dealkylation sites (N-methyl/N-ethyl adjacent to an activating group) is 1. The molecule has 0 spiro atoms. The molecule has 1 aliphatic rings. The Labute approximate surface area is 120 Å². The highest BCUT2D eigenvalue weighted by atomic mass is 16.5. The molecule has 20 heavy (non-hydrogen) atoms. The van der Waals surface area contributed by atoms with E-state index in [2.05, 4.69) is 10.6 Å². The van der Waals surface area contributed by atoms with Crippen LogP contribution in [-0.2, 0) is 4.79 Å². The van der Waals surface area contributed by atoms with E-state index in [-0.39, 0.29) is 5.91 Å². The monoisotopic (exact) mass is 277 g/mol. The van der Waals surface area contributed by atoms with Crippen LogP contribution in [-0.4, -0.2) is 50.6 Å². The molecular formula is C15H23N3O2. The normalized spacial score (nSPS) is 18.2. The van der Waals surface area contributed by atoms with Gasteiger partial charge in [0.2, 0.25) is 5.91 Å². The highest BCUT2D eigenvalue weighted by Crippen LogP contribution is 2.22. The molecule has 2 N–H and O–H groups in total. The number of benzene rings is 1. The summed E-state index contributed by atoms with van der Waals surface area (Å²) >= 11 is 0. The quantitative estimate of drug-likeness (QED) is 0.823. The Morgan fingerprint density at radius 3 is 3.00 bits per heavy atom. The molecule has 5 heteroatoms. The minimum Gasteiger partial charge on any atom is -0.495 e. The molecule has 0 saturated carbocycles. The summed E-state index contributed by atoms with van der Waals surface area (Å²) in [6.45, 7) is 2.38. The van der Waals surface area contributed by atoms with E-state index < -0.39 is 0 Å². The second kappa shape index (κ2) is 7.26. The Hall–Kier alpha value is -1.59. The van der Waals surface area contributed by atoms with Crippen molar-refractivity contribution in [1.82, 2.24) is 10.2 Å². The van der Waals surface area contributed by atoms with Crippen LogP contribution < -0.4 is 15.4 Å². The number of para-hydroxylation sites is 2. The minimum atomic E-state index is -0.0185. The Kier molecular flexibility index (Phi) is 5.38. The first-order valence-electron chi connectivity index (χ1n) is 7.04. The Balaban J connectivity index is 1.82. The van der Waals surface area contributed by atoms with E-state index in [4.69, 9.17) is 4.74 Å². The maximum Gasteiger partial charge on any atom is 0.238 e. The van der Waals surface area contributed by atoms with Crippen LogP contribution in [0.15, 0.2) is 24.3 Å². The van der Waals surface area contributed by atoms with Crippen LogP contribution in [0.5, 0.6) is 5.75 Å². The molecule has 1 heterocycles. The molecule has 5 nitrogen and oxygen atoms in total. The van der Waals surface area contributed by atoms with Crippen molar-refractivity contribution in [3.63, 3.8) is 0 Å². The first-order chi connectivity index (χ1) is 9.69. The number of nitrogens with one attached hydrogen (secondary N) is 2. The second-order valence-corrected chi connectivity index (χ2v) is 5.24. The predicted molar refractivity (Wildman–Crippen MR) is 80.1 cm³/mol. The summed E-state index contributed by atoms with van der Waals surface area (Å²) in [7, 11) is 3.57. The van der Waals surface area contributed by atoms with Gasteiger partial charge >= 0.3 is 0 Å². The van der Waals surface area contributed by atoms with Crippen molar-refractivity contribution in [2.45, 2.75) is 18.9 Å². The van der Waals surface area contributed by atoms with Crippen LogP contribution in [0, 0.1) is 0 Å². The number of anilines is 1. The standard InChI is InChI=1S/C15H23N3O2/c1-18(10-12-6-5-9-16-12)11-15(19)17-13-7-3-4-8-14(13)20-2/h3-4,7-8,12,16H,5-6,9-11H2,1-2H3,(H,17,19). The van der Waals surface area contributed by atoms with Crippen LogP contribution in [0.2, 0.25) is 0 Å². The van der Waals surface area contributed by atoms with Crippen molar-refractivity contribution in [2.75, 3.05) is 39.1 Å². The molecule has 110 valence electrons. The molecule has 0 aliphatic carbocycles. The highest BCUT2D eigenvalue weighted by Gasteiger charge is 2.17. The Morgan fingerprint density at radius 2 is 2.30 bits per heavy atom. The van der Waals surface area contributed by atoms with Crippen LogP contribution in [0.4, 0.5) is 5.69 Å². The third-order valence-corrected chi connectivity index (χ3v) is 3.49. The summed E-state index contributed by atoms with van der Waals surface area (Å²) in [4.78, 5) is 14.1. The zero-order chi connectivity index (χ0) is 14.4. The van der Waals surface area contributed by atoms with Gasteiger partial charge in [0.15, 0.2) is 0 Å². The van der Waals surface area contributed by atoms with Gasteiger partial charge in [-0.2, -0.15) is 0 Å². The van der Waals surface area contributed by atoms with E-state index in [0.717, 1.165) is 13.1 Å². The largest absolute Gasteiger partial charge is 0.495 e. The lowest BCUT2D eigenvalue weighted by Gasteiger charge is -2.20. The zero-order valence-electron chi connectivity index (χ0n) is 12.2. The topological polar surface area (TPSA) is 53.6 Å². The fourth-order valence-electron chi connectivity index (χ4n) is 2.54. The van der Waals surface area contributed by atoms with Crippen molar-refractivity contribution in [3.05, 3.63) is 24.3 Å². The molecule has 0 aromatic heterocycles. The number of nitrogens with zero attached hydrogens (tertiary/aromatic N) is 1. The average molecular weight is 277 g/mol. The first-order valence-corrected chi connectivity index (χ1v) is 7.04. The van der Waals surface area contributed by atoms with Crippen molar-refractivity contribution in [1.29, 1.82) is 0 Å². The maximum absolute atomic E-state index is 12.0. The SMILES string of the molecule is COc1ccccc1NC(=O)CN(C)CC1CCCN1. The molecule has 1 fully saturated rings. The van der Waals surface area contributed by atoms with Crippen molar-refractivity contribution < 1.29 is 9.53 Å². The van der Waals surface area contributed by atoms with Gasteiger partial charge in [0.05, 0.1) is 19.3 Å². The van der Waals surface area contributed by atoms with Crippen LogP contribution in [0.3, 0.4) is 0 Å². The summed E-state index contributed by atoms with van der Waals surface area (Å²) in [5.41, 5.74) is 0.715. The second-order valence-electron chi connectivity index (χ2n) is 5.24. The number of amides is 1. The number of hydrogen-bond acceptors (Lipinski definition) is 4. The van der Waals surface area contributed by atoms with E-state index in [1.807, 2.05) is 36.2 Å². The van der Waals surface area contributed by atoms with Gasteiger partial charge in [-0.3, -0.25) is 9.69 Å². The van der Waals surface area contributed by atoms with Crippen LogP contribution in [0.1, 0.15) is 12.8 Å². The smallest absolute Gasteiger partial charge is 0.238 e. The minimum absolute atomic E-state index is 0.0185. The van der Waals surface area contributed by atoms with Gasteiger partial charge in [-0.15, -0.1) is 0 Å². The van der Waals surface area contributed by atoms with Gasteiger partial charge < -0.3 is 15.4 Å². The highest BCUT2D eigenvalue weighted by molar-refractivity contribution is 5.93. The van der Waals surface area contributed by atoms with E-state index in [1.165, 1.54) is 12.8 Å². The van der Waals surface area contributed by atoms with Crippen molar-refractivity contribution in [3.8, 4) is 5.75 Å². The molecule has 1 atom stereocenters. The number of carbonyl (C=O) groups excluding carboxylic acids is 1. The van der Waals surface area contributed by atoms with Gasteiger partial charge in [-0.05, 0) is 38.6 Å². The summed E-state index contributed by atoms with van der Waals surface area (Å²) in [5, 5.41) is 6.33. The van der Waals surface area contributed by atoms with Gasteiger partial charge in [-0.25, -0.2) is 0 Å². The van der Waals surface area contributed by atoms with Gasteiger partial charge in [0.25, 0.3) is 0 Å². The van der Waals surface area contributed by atoms with E-state index in [0.29, 0.717) is 24.0 Å². The lowest BCUT2D eigenvalue weighted by Crippen LogP contribution is -2.39. The molecular weight excluding hydrogens is 254 g/mol. The first kappa shape index (κ1) is 14.8. The van der Waals surface area contributed by atoms with E-state index in [1.54, 1.807) is 7.11 Å². The fraction of sp³-hybridized carbons (Fsp3) is 0.533. The van der Waals surface area contributed by atoms with Crippen molar-refractivity contribution >= 4 is 11.6 Å². The molecule has 1 unspecified atom stereocenters. The van der Waals surface area contributed by atoms with Gasteiger partial charge in [-0.1, -0.05) is 12.1 Å². The lowest BCUT2D eigenvalue weighted by molar-refractivity contribution is -0.117. The average Bonchev–Trinajstić information content (AvgIpc) is 2.91. The summed E-state index contributed by atoms with van der Waals surface area (Å²) in [6.07, 6.45) is 2.42. The summed E-state index contributed by atoms with van der Waals surface area (Å²) < 4.78 is 5.22. The summed E-state index contributed by atoms with van der Waals surface area (Å²) in [5.74, 6) is 0.663. The van der Waals surface area contributed by atoms with Crippen LogP contribution in [0.25, 0.3) is 0 Å². The lowest BCUT2D eigenvalue weighted by atomic mass is 10.2. The molecule has 0 bridgehead atoms. The molecule has 1 aromatic carbocycles. The molecule has 2 rings (SSSR count). The molecule has 0 radical (unpaired) electrons. The third kappa shape index (κ3) is 4.21. The third-order valence-electron chi connectivity index (χ3n) is 3.49. The van der Waals surface area contributed by atoms with E-state index >= 15 is 0 Å². The molecule has 1 amide bonds. The fourth-order valence-corrected chi connectivity index (χ4v) is 2.54. The summed E-state index contributed by atoms with van der Waals surface area (Å²) in [6, 6.07) is 7.95. The van der Waals surface area contributed by atoms with E-state index in [9.17, 15) is 4.79 Å². The molecule has 1 aromatic rings.